The van der Waals surface area contributed by atoms with E-state index in [-0.39, 0.29) is 12.1 Å². The summed E-state index contributed by atoms with van der Waals surface area (Å²) in [7, 11) is 0. The van der Waals surface area contributed by atoms with Crippen LogP contribution in [0, 0.1) is 11.8 Å². The Hall–Kier alpha value is -0.870. The molecule has 2 rings (SSSR count). The number of nitrogens with zero attached hydrogens (tertiary/aromatic N) is 1. The number of aliphatic hydroxyl groups is 1. The number of carbonyl (C=O) groups is 1. The molecule has 0 spiro atoms. The van der Waals surface area contributed by atoms with Gasteiger partial charge in [-0.2, -0.15) is 0 Å². The van der Waals surface area contributed by atoms with Crippen molar-refractivity contribution in [2.45, 2.75) is 25.9 Å². The van der Waals surface area contributed by atoms with Gasteiger partial charge in [0, 0.05) is 31.6 Å². The van der Waals surface area contributed by atoms with Crippen LogP contribution >= 0.6 is 0 Å². The molecule has 17 heavy (non-hydrogen) atoms. The van der Waals surface area contributed by atoms with Gasteiger partial charge in [-0.3, -0.25) is 4.90 Å². The van der Waals surface area contributed by atoms with Gasteiger partial charge in [0.2, 0.25) is 0 Å². The summed E-state index contributed by atoms with van der Waals surface area (Å²) in [6.07, 6.45) is 5.34. The van der Waals surface area contributed by atoms with Crippen LogP contribution in [0.4, 0.5) is 0 Å². The number of aliphatic hydroxyl groups excluding tert-OH is 1. The quantitative estimate of drug-likeness (QED) is 0.582. The molecule has 0 amide bonds. The first kappa shape index (κ1) is 12.6. The molecular formula is C13H21NO3. The molecule has 0 radical (unpaired) electrons. The third kappa shape index (κ3) is 3.07. The lowest BCUT2D eigenvalue weighted by molar-refractivity contribution is -0.137. The Kier molecular flexibility index (Phi) is 4.18. The highest BCUT2D eigenvalue weighted by Crippen LogP contribution is 2.37. The Morgan fingerprint density at radius 1 is 1.47 bits per heavy atom. The third-order valence-electron chi connectivity index (χ3n) is 3.80. The average molecular weight is 239 g/mol. The first-order valence-corrected chi connectivity index (χ1v) is 6.44. The molecule has 1 saturated carbocycles. The van der Waals surface area contributed by atoms with Crippen molar-refractivity contribution in [1.82, 2.24) is 4.90 Å². The van der Waals surface area contributed by atoms with Crippen LogP contribution in [-0.2, 0) is 9.53 Å². The van der Waals surface area contributed by atoms with E-state index in [1.165, 1.54) is 6.08 Å². The Labute approximate surface area is 102 Å². The smallest absolute Gasteiger partial charge is 0.330 e. The van der Waals surface area contributed by atoms with Crippen LogP contribution in [0.1, 0.15) is 19.8 Å². The number of carbonyl (C=O) groups excluding carboxylic acids is 1. The van der Waals surface area contributed by atoms with E-state index in [0.717, 1.165) is 32.5 Å². The summed E-state index contributed by atoms with van der Waals surface area (Å²) in [4.78, 5) is 13.4. The second kappa shape index (κ2) is 5.65. The lowest BCUT2D eigenvalue weighted by atomic mass is 10.00. The molecule has 2 aliphatic rings. The van der Waals surface area contributed by atoms with Gasteiger partial charge in [-0.1, -0.05) is 6.08 Å². The Balaban J connectivity index is 1.73. The van der Waals surface area contributed by atoms with Crippen LogP contribution in [0.25, 0.3) is 0 Å². The van der Waals surface area contributed by atoms with E-state index in [2.05, 4.69) is 4.90 Å². The molecule has 0 aromatic rings. The highest BCUT2D eigenvalue weighted by molar-refractivity contribution is 5.81. The van der Waals surface area contributed by atoms with Crippen molar-refractivity contribution in [3.8, 4) is 0 Å². The SMILES string of the molecule is CCOC(=O)/C=C/CN1CC2CCC(O)C2C1. The maximum absolute atomic E-state index is 11.1. The maximum Gasteiger partial charge on any atom is 0.330 e. The van der Waals surface area contributed by atoms with Gasteiger partial charge in [0.15, 0.2) is 0 Å². The van der Waals surface area contributed by atoms with Crippen molar-refractivity contribution in [2.75, 3.05) is 26.2 Å². The summed E-state index contributed by atoms with van der Waals surface area (Å²) in [5, 5.41) is 9.78. The number of likely N-dealkylation sites (tertiary alicyclic amines) is 1. The highest BCUT2D eigenvalue weighted by Gasteiger charge is 2.41. The number of ether oxygens (including phenoxy) is 1. The van der Waals surface area contributed by atoms with Gasteiger partial charge in [-0.15, -0.1) is 0 Å². The van der Waals surface area contributed by atoms with Gasteiger partial charge in [0.1, 0.15) is 0 Å². The second-order valence-corrected chi connectivity index (χ2v) is 4.94. The minimum Gasteiger partial charge on any atom is -0.463 e. The fourth-order valence-electron chi connectivity index (χ4n) is 2.97. The highest BCUT2D eigenvalue weighted by atomic mass is 16.5. The molecule has 0 aromatic carbocycles. The Morgan fingerprint density at radius 3 is 3.00 bits per heavy atom. The van der Waals surface area contributed by atoms with Crippen LogP contribution in [0.15, 0.2) is 12.2 Å². The molecular weight excluding hydrogens is 218 g/mol. The zero-order chi connectivity index (χ0) is 12.3. The van der Waals surface area contributed by atoms with Crippen LogP contribution in [-0.4, -0.2) is 48.3 Å². The predicted octanol–water partition coefficient (Wildman–Crippen LogP) is 0.808. The number of rotatable bonds is 4. The minimum atomic E-state index is -0.271. The van der Waals surface area contributed by atoms with E-state index in [9.17, 15) is 9.90 Å². The van der Waals surface area contributed by atoms with Crippen molar-refractivity contribution < 1.29 is 14.6 Å². The third-order valence-corrected chi connectivity index (χ3v) is 3.80. The molecule has 1 heterocycles. The summed E-state index contributed by atoms with van der Waals surface area (Å²) < 4.78 is 4.81. The first-order chi connectivity index (χ1) is 8.20. The standard InChI is InChI=1S/C13H21NO3/c1-2-17-13(16)4-3-7-14-8-10-5-6-12(15)11(10)9-14/h3-4,10-12,15H,2,5-9H2,1H3/b4-3+. The van der Waals surface area contributed by atoms with E-state index in [4.69, 9.17) is 4.74 Å². The van der Waals surface area contributed by atoms with Crippen molar-refractivity contribution in [3.05, 3.63) is 12.2 Å². The summed E-state index contributed by atoms with van der Waals surface area (Å²) in [5.41, 5.74) is 0. The summed E-state index contributed by atoms with van der Waals surface area (Å²) in [6, 6.07) is 0. The largest absolute Gasteiger partial charge is 0.463 e. The molecule has 0 aromatic heterocycles. The molecule has 1 saturated heterocycles. The normalized spacial score (nSPS) is 33.2. The van der Waals surface area contributed by atoms with E-state index >= 15 is 0 Å². The molecule has 1 N–H and O–H groups in total. The van der Waals surface area contributed by atoms with E-state index in [0.29, 0.717) is 18.4 Å². The lowest BCUT2D eigenvalue weighted by Crippen LogP contribution is -2.25. The van der Waals surface area contributed by atoms with Crippen LogP contribution in [0.2, 0.25) is 0 Å². The van der Waals surface area contributed by atoms with Crippen LogP contribution in [0.3, 0.4) is 0 Å². The molecule has 4 nitrogen and oxygen atoms in total. The number of fused-ring (bicyclic) bond motifs is 1. The van der Waals surface area contributed by atoms with Crippen molar-refractivity contribution in [1.29, 1.82) is 0 Å². The molecule has 3 atom stereocenters. The second-order valence-electron chi connectivity index (χ2n) is 4.94. The molecule has 2 fully saturated rings. The Bertz CT molecular complexity index is 303. The van der Waals surface area contributed by atoms with E-state index < -0.39 is 0 Å². The maximum atomic E-state index is 11.1. The fourth-order valence-corrected chi connectivity index (χ4v) is 2.97. The summed E-state index contributed by atoms with van der Waals surface area (Å²) in [6.45, 7) is 5.00. The molecule has 0 bridgehead atoms. The molecule has 4 heteroatoms. The van der Waals surface area contributed by atoms with Crippen molar-refractivity contribution in [3.63, 3.8) is 0 Å². The molecule has 1 aliphatic carbocycles. The van der Waals surface area contributed by atoms with Gasteiger partial charge < -0.3 is 9.84 Å². The van der Waals surface area contributed by atoms with E-state index in [1.54, 1.807) is 6.92 Å². The zero-order valence-electron chi connectivity index (χ0n) is 10.3. The minimum absolute atomic E-state index is 0.112. The van der Waals surface area contributed by atoms with Gasteiger partial charge in [-0.05, 0) is 25.7 Å². The first-order valence-electron chi connectivity index (χ1n) is 6.44. The van der Waals surface area contributed by atoms with Crippen molar-refractivity contribution in [2.24, 2.45) is 11.8 Å². The predicted molar refractivity (Wildman–Crippen MR) is 64.4 cm³/mol. The van der Waals surface area contributed by atoms with Gasteiger partial charge in [-0.25, -0.2) is 4.79 Å². The van der Waals surface area contributed by atoms with Gasteiger partial charge in [0.25, 0.3) is 0 Å². The zero-order valence-corrected chi connectivity index (χ0v) is 10.3. The summed E-state index contributed by atoms with van der Waals surface area (Å²) >= 11 is 0. The number of hydrogen-bond acceptors (Lipinski definition) is 4. The van der Waals surface area contributed by atoms with Crippen LogP contribution in [0.5, 0.6) is 0 Å². The monoisotopic (exact) mass is 239 g/mol. The van der Waals surface area contributed by atoms with Crippen molar-refractivity contribution >= 4 is 5.97 Å². The molecule has 96 valence electrons. The molecule has 3 unspecified atom stereocenters. The van der Waals surface area contributed by atoms with Gasteiger partial charge >= 0.3 is 5.97 Å². The van der Waals surface area contributed by atoms with Crippen LogP contribution < -0.4 is 0 Å². The van der Waals surface area contributed by atoms with E-state index in [1.807, 2.05) is 6.08 Å². The topological polar surface area (TPSA) is 49.8 Å². The number of esters is 1. The Morgan fingerprint density at radius 2 is 2.29 bits per heavy atom. The lowest BCUT2D eigenvalue weighted by Gasteiger charge is -2.15. The average Bonchev–Trinajstić information content (AvgIpc) is 2.82. The number of hydrogen-bond donors (Lipinski definition) is 1. The fraction of sp³-hybridized carbons (Fsp3) is 0.769. The summed E-state index contributed by atoms with van der Waals surface area (Å²) in [5.74, 6) is 0.832. The molecule has 1 aliphatic heterocycles. The van der Waals surface area contributed by atoms with Gasteiger partial charge in [0.05, 0.1) is 12.7 Å².